The first-order valence-electron chi connectivity index (χ1n) is 6.50. The van der Waals surface area contributed by atoms with Crippen molar-refractivity contribution in [2.45, 2.75) is 11.9 Å². The van der Waals surface area contributed by atoms with Gasteiger partial charge in [-0.15, -0.1) is 11.8 Å². The Labute approximate surface area is 132 Å². The normalized spacial score (nSPS) is 18.5. The molecule has 1 aliphatic heterocycles. The zero-order chi connectivity index (χ0) is 15.2. The highest BCUT2D eigenvalue weighted by Crippen LogP contribution is 2.16. The Kier molecular flexibility index (Phi) is 5.90. The lowest BCUT2D eigenvalue weighted by molar-refractivity contribution is -0.158. The molecule has 0 saturated carbocycles. The van der Waals surface area contributed by atoms with Crippen LogP contribution in [0.5, 0.6) is 0 Å². The molecule has 0 spiro atoms. The van der Waals surface area contributed by atoms with Crippen molar-refractivity contribution in [1.29, 1.82) is 0 Å². The van der Waals surface area contributed by atoms with Crippen LogP contribution in [0, 0.1) is 0 Å². The van der Waals surface area contributed by atoms with Gasteiger partial charge in [-0.3, -0.25) is 4.79 Å². The zero-order valence-corrected chi connectivity index (χ0v) is 12.9. The average molecular weight is 330 g/mol. The summed E-state index contributed by atoms with van der Waals surface area (Å²) in [6.07, 6.45) is -0.913. The Balaban J connectivity index is 1.76. The summed E-state index contributed by atoms with van der Waals surface area (Å²) in [6, 6.07) is 7.49. The van der Waals surface area contributed by atoms with E-state index in [1.807, 2.05) is 24.3 Å². The van der Waals surface area contributed by atoms with Gasteiger partial charge < -0.3 is 14.7 Å². The van der Waals surface area contributed by atoms with E-state index < -0.39 is 12.1 Å². The van der Waals surface area contributed by atoms with Gasteiger partial charge in [0.25, 0.3) is 0 Å². The largest absolute Gasteiger partial charge is 0.479 e. The van der Waals surface area contributed by atoms with E-state index in [-0.39, 0.29) is 19.1 Å². The van der Waals surface area contributed by atoms with Crippen molar-refractivity contribution in [1.82, 2.24) is 4.90 Å². The second kappa shape index (κ2) is 7.68. The van der Waals surface area contributed by atoms with Crippen molar-refractivity contribution < 1.29 is 19.4 Å². The summed E-state index contributed by atoms with van der Waals surface area (Å²) >= 11 is 7.31. The van der Waals surface area contributed by atoms with Gasteiger partial charge in [0.2, 0.25) is 5.91 Å². The smallest absolute Gasteiger partial charge is 0.334 e. The molecular weight excluding hydrogens is 314 g/mol. The second-order valence-corrected chi connectivity index (χ2v) is 6.08. The summed E-state index contributed by atoms with van der Waals surface area (Å²) in [5, 5.41) is 9.59. The molecule has 5 nitrogen and oxygen atoms in total. The Morgan fingerprint density at radius 2 is 2.10 bits per heavy atom. The number of benzene rings is 1. The van der Waals surface area contributed by atoms with E-state index in [4.69, 9.17) is 21.4 Å². The molecule has 0 aromatic heterocycles. The maximum Gasteiger partial charge on any atom is 0.334 e. The van der Waals surface area contributed by atoms with Gasteiger partial charge in [0, 0.05) is 17.3 Å². The predicted molar refractivity (Wildman–Crippen MR) is 81.6 cm³/mol. The average Bonchev–Trinajstić information content (AvgIpc) is 2.49. The number of carboxylic acids is 1. The number of nitrogens with zero attached hydrogens (tertiary/aromatic N) is 1. The number of amides is 1. The molecule has 1 aromatic rings. The summed E-state index contributed by atoms with van der Waals surface area (Å²) in [5.41, 5.74) is 1.10. The minimum absolute atomic E-state index is 0.0523. The number of carbonyl (C=O) groups is 2. The number of hydrogen-bond acceptors (Lipinski definition) is 4. The first-order valence-corrected chi connectivity index (χ1v) is 8.04. The fourth-order valence-electron chi connectivity index (χ4n) is 1.95. The zero-order valence-electron chi connectivity index (χ0n) is 11.3. The number of carboxylic acid groups (broad SMARTS) is 1. The fourth-order valence-corrected chi connectivity index (χ4v) is 2.97. The highest BCUT2D eigenvalue weighted by molar-refractivity contribution is 7.99. The molecule has 1 saturated heterocycles. The second-order valence-electron chi connectivity index (χ2n) is 4.66. The van der Waals surface area contributed by atoms with E-state index in [1.54, 1.807) is 4.90 Å². The Hall–Kier alpha value is -1.24. The van der Waals surface area contributed by atoms with Crippen LogP contribution >= 0.6 is 23.4 Å². The SMILES string of the molecule is O=C(O)C1CN(C(=O)CSCc2ccc(Cl)cc2)CCO1. The number of morpholine rings is 1. The summed E-state index contributed by atoms with van der Waals surface area (Å²) in [4.78, 5) is 24.5. The molecule has 1 atom stereocenters. The molecule has 21 heavy (non-hydrogen) atoms. The van der Waals surface area contributed by atoms with Crippen molar-refractivity contribution in [3.63, 3.8) is 0 Å². The first kappa shape index (κ1) is 16.1. The minimum Gasteiger partial charge on any atom is -0.479 e. The molecule has 1 aliphatic rings. The lowest BCUT2D eigenvalue weighted by atomic mass is 10.2. The molecule has 1 unspecified atom stereocenters. The highest BCUT2D eigenvalue weighted by Gasteiger charge is 2.28. The van der Waals surface area contributed by atoms with E-state index in [0.717, 1.165) is 11.3 Å². The van der Waals surface area contributed by atoms with Crippen LogP contribution in [-0.4, -0.2) is 53.4 Å². The fraction of sp³-hybridized carbons (Fsp3) is 0.429. The van der Waals surface area contributed by atoms with Gasteiger partial charge in [-0.05, 0) is 17.7 Å². The van der Waals surface area contributed by atoms with Gasteiger partial charge in [-0.1, -0.05) is 23.7 Å². The lowest BCUT2D eigenvalue weighted by Crippen LogP contribution is -2.49. The molecule has 1 aromatic carbocycles. The highest BCUT2D eigenvalue weighted by atomic mass is 35.5. The summed E-state index contributed by atoms with van der Waals surface area (Å²) < 4.78 is 5.09. The number of aliphatic carboxylic acids is 1. The third-order valence-corrected chi connectivity index (χ3v) is 4.34. The van der Waals surface area contributed by atoms with Crippen LogP contribution in [0.25, 0.3) is 0 Å². The summed E-state index contributed by atoms with van der Waals surface area (Å²) in [7, 11) is 0. The number of thioether (sulfide) groups is 1. The minimum atomic E-state index is -1.03. The van der Waals surface area contributed by atoms with Crippen LogP contribution in [0.15, 0.2) is 24.3 Å². The van der Waals surface area contributed by atoms with Gasteiger partial charge in [0.1, 0.15) is 0 Å². The van der Waals surface area contributed by atoms with Crippen molar-refractivity contribution in [2.24, 2.45) is 0 Å². The number of ether oxygens (including phenoxy) is 1. The molecule has 114 valence electrons. The molecule has 0 bridgehead atoms. The lowest BCUT2D eigenvalue weighted by Gasteiger charge is -2.30. The van der Waals surface area contributed by atoms with Crippen LogP contribution < -0.4 is 0 Å². The van der Waals surface area contributed by atoms with E-state index in [9.17, 15) is 9.59 Å². The number of hydrogen-bond donors (Lipinski definition) is 1. The van der Waals surface area contributed by atoms with Crippen molar-refractivity contribution in [3.05, 3.63) is 34.9 Å². The molecular formula is C14H16ClNO4S. The third kappa shape index (κ3) is 4.91. The molecule has 1 amide bonds. The number of halogens is 1. The maximum absolute atomic E-state index is 12.0. The first-order chi connectivity index (χ1) is 10.1. The molecule has 1 N–H and O–H groups in total. The standard InChI is InChI=1S/C14H16ClNO4S/c15-11-3-1-10(2-4-11)8-21-9-13(17)16-5-6-20-12(7-16)14(18)19/h1-4,12H,5-9H2,(H,18,19). The Morgan fingerprint density at radius 1 is 1.38 bits per heavy atom. The van der Waals surface area contributed by atoms with E-state index in [1.165, 1.54) is 11.8 Å². The van der Waals surface area contributed by atoms with Gasteiger partial charge in [-0.25, -0.2) is 4.79 Å². The molecule has 7 heteroatoms. The van der Waals surface area contributed by atoms with Gasteiger partial charge >= 0.3 is 5.97 Å². The van der Waals surface area contributed by atoms with Gasteiger partial charge in [-0.2, -0.15) is 0 Å². The van der Waals surface area contributed by atoms with Crippen LogP contribution in [0.2, 0.25) is 5.02 Å². The van der Waals surface area contributed by atoms with E-state index >= 15 is 0 Å². The van der Waals surface area contributed by atoms with Crippen LogP contribution in [0.1, 0.15) is 5.56 Å². The Bertz CT molecular complexity index is 508. The maximum atomic E-state index is 12.0. The monoisotopic (exact) mass is 329 g/mol. The van der Waals surface area contributed by atoms with E-state index in [2.05, 4.69) is 0 Å². The van der Waals surface area contributed by atoms with Gasteiger partial charge in [0.15, 0.2) is 6.10 Å². The summed E-state index contributed by atoms with van der Waals surface area (Å²) in [5.74, 6) is -0.0327. The quantitative estimate of drug-likeness (QED) is 0.893. The van der Waals surface area contributed by atoms with Crippen molar-refractivity contribution in [2.75, 3.05) is 25.4 Å². The topological polar surface area (TPSA) is 66.8 Å². The Morgan fingerprint density at radius 3 is 2.76 bits per heavy atom. The molecule has 0 radical (unpaired) electrons. The van der Waals surface area contributed by atoms with E-state index in [0.29, 0.717) is 17.3 Å². The molecule has 2 rings (SSSR count). The molecule has 1 fully saturated rings. The van der Waals surface area contributed by atoms with Crippen LogP contribution in [0.4, 0.5) is 0 Å². The van der Waals surface area contributed by atoms with Crippen LogP contribution in [0.3, 0.4) is 0 Å². The third-order valence-electron chi connectivity index (χ3n) is 3.10. The molecule has 0 aliphatic carbocycles. The predicted octanol–water partition coefficient (Wildman–Crippen LogP) is 1.89. The number of carbonyl (C=O) groups excluding carboxylic acids is 1. The van der Waals surface area contributed by atoms with Crippen molar-refractivity contribution >= 4 is 35.2 Å². The van der Waals surface area contributed by atoms with Crippen molar-refractivity contribution in [3.8, 4) is 0 Å². The van der Waals surface area contributed by atoms with Gasteiger partial charge in [0.05, 0.1) is 18.9 Å². The van der Waals surface area contributed by atoms with Crippen LogP contribution in [-0.2, 0) is 20.1 Å². The summed E-state index contributed by atoms with van der Waals surface area (Å²) in [6.45, 7) is 0.838. The molecule has 1 heterocycles. The number of rotatable bonds is 5.